The van der Waals surface area contributed by atoms with Gasteiger partial charge in [0.15, 0.2) is 0 Å². The van der Waals surface area contributed by atoms with Gasteiger partial charge in [-0.1, -0.05) is 31.7 Å². The molecule has 17 heavy (non-hydrogen) atoms. The number of hydrogen-bond acceptors (Lipinski definition) is 3. The van der Waals surface area contributed by atoms with Crippen molar-refractivity contribution in [1.29, 1.82) is 0 Å². The third-order valence-electron chi connectivity index (χ3n) is 3.34. The number of benzene rings is 1. The molecule has 1 aliphatic carbocycles. The average molecular weight is 252 g/mol. The van der Waals surface area contributed by atoms with E-state index in [0.717, 1.165) is 23.0 Å². The van der Waals surface area contributed by atoms with Crippen molar-refractivity contribution in [3.05, 3.63) is 24.3 Å². The molecule has 3 heteroatoms. The number of aliphatic hydroxyl groups excluding tert-OH is 1. The Labute approximate surface area is 107 Å². The van der Waals surface area contributed by atoms with E-state index in [4.69, 9.17) is 0 Å². The van der Waals surface area contributed by atoms with E-state index < -0.39 is 0 Å². The van der Waals surface area contributed by atoms with E-state index in [1.807, 2.05) is 12.1 Å². The van der Waals surface area contributed by atoms with Gasteiger partial charge in [-0.05, 0) is 30.5 Å². The van der Waals surface area contributed by atoms with Crippen molar-refractivity contribution >= 4 is 11.8 Å². The van der Waals surface area contributed by atoms with Crippen molar-refractivity contribution < 1.29 is 10.2 Å². The first-order valence-corrected chi connectivity index (χ1v) is 7.32. The Morgan fingerprint density at radius 2 is 2.06 bits per heavy atom. The van der Waals surface area contributed by atoms with E-state index in [9.17, 15) is 10.2 Å². The zero-order valence-corrected chi connectivity index (χ0v) is 10.8. The Balaban J connectivity index is 1.73. The first-order valence-electron chi connectivity index (χ1n) is 6.34. The van der Waals surface area contributed by atoms with E-state index in [-0.39, 0.29) is 6.10 Å². The number of hydrogen-bond donors (Lipinski definition) is 2. The second-order valence-corrected chi connectivity index (χ2v) is 5.94. The smallest absolute Gasteiger partial charge is 0.116 e. The summed E-state index contributed by atoms with van der Waals surface area (Å²) in [5, 5.41) is 19.3. The fraction of sp³-hybridized carbons (Fsp3) is 0.571. The summed E-state index contributed by atoms with van der Waals surface area (Å²) < 4.78 is 0. The van der Waals surface area contributed by atoms with Crippen molar-refractivity contribution in [1.82, 2.24) is 0 Å². The second-order valence-electron chi connectivity index (χ2n) is 4.85. The quantitative estimate of drug-likeness (QED) is 0.789. The monoisotopic (exact) mass is 252 g/mol. The number of aliphatic hydroxyl groups is 1. The topological polar surface area (TPSA) is 40.5 Å². The average Bonchev–Trinajstić information content (AvgIpc) is 2.79. The molecule has 1 aromatic rings. The number of phenols is 1. The van der Waals surface area contributed by atoms with E-state index in [0.29, 0.717) is 5.75 Å². The maximum atomic E-state index is 9.96. The molecule has 2 rings (SSSR count). The molecule has 1 aromatic carbocycles. The van der Waals surface area contributed by atoms with Crippen molar-refractivity contribution in [3.8, 4) is 5.75 Å². The first-order chi connectivity index (χ1) is 8.24. The van der Waals surface area contributed by atoms with Crippen LogP contribution in [0.15, 0.2) is 29.2 Å². The molecule has 1 saturated carbocycles. The molecule has 94 valence electrons. The van der Waals surface area contributed by atoms with Gasteiger partial charge in [0.1, 0.15) is 5.75 Å². The molecule has 0 heterocycles. The van der Waals surface area contributed by atoms with E-state index >= 15 is 0 Å². The number of phenolic OH excluding ortho intramolecular Hbond substituents is 1. The molecule has 2 nitrogen and oxygen atoms in total. The summed E-state index contributed by atoms with van der Waals surface area (Å²) in [6.07, 6.45) is 5.95. The molecular formula is C14H20O2S. The van der Waals surface area contributed by atoms with Crippen LogP contribution in [-0.4, -0.2) is 22.1 Å². The van der Waals surface area contributed by atoms with Crippen LogP contribution in [0, 0.1) is 5.92 Å². The highest BCUT2D eigenvalue weighted by molar-refractivity contribution is 7.99. The summed E-state index contributed by atoms with van der Waals surface area (Å²) in [6.45, 7) is 0. The fourth-order valence-electron chi connectivity index (χ4n) is 2.46. The predicted octanol–water partition coefficient (Wildman–Crippen LogP) is 3.43. The number of rotatable bonds is 5. The van der Waals surface area contributed by atoms with Gasteiger partial charge in [0, 0.05) is 10.6 Å². The molecule has 0 aliphatic heterocycles. The first kappa shape index (κ1) is 12.8. The molecule has 0 bridgehead atoms. The van der Waals surface area contributed by atoms with Gasteiger partial charge >= 0.3 is 0 Å². The highest BCUT2D eigenvalue weighted by Crippen LogP contribution is 2.30. The molecule has 1 unspecified atom stereocenters. The molecule has 0 spiro atoms. The molecule has 0 aromatic heterocycles. The Morgan fingerprint density at radius 3 is 2.76 bits per heavy atom. The minimum absolute atomic E-state index is 0.217. The van der Waals surface area contributed by atoms with Crippen LogP contribution < -0.4 is 0 Å². The van der Waals surface area contributed by atoms with Crippen LogP contribution in [-0.2, 0) is 0 Å². The molecule has 0 amide bonds. The molecular weight excluding hydrogens is 232 g/mol. The Kier molecular flexibility index (Phi) is 4.75. The minimum Gasteiger partial charge on any atom is -0.508 e. The van der Waals surface area contributed by atoms with Crippen molar-refractivity contribution in [3.63, 3.8) is 0 Å². The Morgan fingerprint density at radius 1 is 1.29 bits per heavy atom. The van der Waals surface area contributed by atoms with Gasteiger partial charge in [0.25, 0.3) is 0 Å². The van der Waals surface area contributed by atoms with Gasteiger partial charge in [0.2, 0.25) is 0 Å². The summed E-state index contributed by atoms with van der Waals surface area (Å²) in [6, 6.07) is 7.21. The lowest BCUT2D eigenvalue weighted by Crippen LogP contribution is -2.14. The summed E-state index contributed by atoms with van der Waals surface area (Å²) in [4.78, 5) is 1.02. The molecule has 0 radical (unpaired) electrons. The largest absolute Gasteiger partial charge is 0.508 e. The van der Waals surface area contributed by atoms with Gasteiger partial charge in [-0.2, -0.15) is 0 Å². The Hall–Kier alpha value is -0.670. The fourth-order valence-corrected chi connectivity index (χ4v) is 3.36. The summed E-state index contributed by atoms with van der Waals surface area (Å²) >= 11 is 1.62. The third-order valence-corrected chi connectivity index (χ3v) is 4.48. The van der Waals surface area contributed by atoms with Crippen LogP contribution in [0.5, 0.6) is 5.75 Å². The van der Waals surface area contributed by atoms with Gasteiger partial charge in [-0.25, -0.2) is 0 Å². The zero-order valence-electron chi connectivity index (χ0n) is 10.0. The lowest BCUT2D eigenvalue weighted by Gasteiger charge is -2.14. The van der Waals surface area contributed by atoms with Crippen LogP contribution in [0.1, 0.15) is 32.1 Å². The van der Waals surface area contributed by atoms with Crippen LogP contribution in [0.4, 0.5) is 0 Å². The maximum Gasteiger partial charge on any atom is 0.116 e. The predicted molar refractivity (Wildman–Crippen MR) is 71.4 cm³/mol. The third kappa shape index (κ3) is 4.25. The van der Waals surface area contributed by atoms with Crippen molar-refractivity contribution in [2.24, 2.45) is 5.92 Å². The maximum absolute atomic E-state index is 9.96. The summed E-state index contributed by atoms with van der Waals surface area (Å²) in [5.41, 5.74) is 0. The van der Waals surface area contributed by atoms with Crippen LogP contribution in [0.3, 0.4) is 0 Å². The molecule has 0 saturated heterocycles. The molecule has 1 atom stereocenters. The van der Waals surface area contributed by atoms with E-state index in [2.05, 4.69) is 0 Å². The van der Waals surface area contributed by atoms with Crippen LogP contribution in [0.2, 0.25) is 0 Å². The van der Waals surface area contributed by atoms with Gasteiger partial charge < -0.3 is 10.2 Å². The molecule has 2 N–H and O–H groups in total. The Bertz CT molecular complexity index is 348. The lowest BCUT2D eigenvalue weighted by molar-refractivity contribution is 0.166. The molecule has 1 aliphatic rings. The van der Waals surface area contributed by atoms with Crippen molar-refractivity contribution in [2.45, 2.75) is 43.1 Å². The normalized spacial score (nSPS) is 18.4. The minimum atomic E-state index is -0.217. The highest BCUT2D eigenvalue weighted by Gasteiger charge is 2.18. The summed E-state index contributed by atoms with van der Waals surface area (Å²) in [5.74, 6) is 1.75. The van der Waals surface area contributed by atoms with Gasteiger partial charge in [-0.3, -0.25) is 0 Å². The van der Waals surface area contributed by atoms with Gasteiger partial charge in [-0.15, -0.1) is 11.8 Å². The second kappa shape index (κ2) is 6.31. The number of aromatic hydroxyl groups is 1. The lowest BCUT2D eigenvalue weighted by atomic mass is 10.0. The van der Waals surface area contributed by atoms with Crippen LogP contribution in [0.25, 0.3) is 0 Å². The highest BCUT2D eigenvalue weighted by atomic mass is 32.2. The standard InChI is InChI=1S/C14H20O2S/c15-12-6-3-7-14(9-12)17-10-13(16)8-11-4-1-2-5-11/h3,6-7,9,11,13,15-16H,1-2,4-5,8,10H2. The van der Waals surface area contributed by atoms with Gasteiger partial charge in [0.05, 0.1) is 6.10 Å². The summed E-state index contributed by atoms with van der Waals surface area (Å²) in [7, 11) is 0. The van der Waals surface area contributed by atoms with Crippen molar-refractivity contribution in [2.75, 3.05) is 5.75 Å². The molecule has 1 fully saturated rings. The van der Waals surface area contributed by atoms with Crippen LogP contribution >= 0.6 is 11.8 Å². The van der Waals surface area contributed by atoms with E-state index in [1.54, 1.807) is 23.9 Å². The number of thioether (sulfide) groups is 1. The zero-order chi connectivity index (χ0) is 12.1. The van der Waals surface area contributed by atoms with E-state index in [1.165, 1.54) is 25.7 Å². The SMILES string of the molecule is Oc1cccc(SCC(O)CC2CCCC2)c1.